The highest BCUT2D eigenvalue weighted by Gasteiger charge is 2.23. The van der Waals surface area contributed by atoms with E-state index in [-0.39, 0.29) is 23.4 Å². The number of hydrogen-bond donors (Lipinski definition) is 2. The largest absolute Gasteiger partial charge is 0.481 e. The van der Waals surface area contributed by atoms with E-state index in [1.54, 1.807) is 0 Å². The van der Waals surface area contributed by atoms with E-state index in [1.807, 2.05) is 20.8 Å². The fourth-order valence-electron chi connectivity index (χ4n) is 1.19. The van der Waals surface area contributed by atoms with E-state index < -0.39 is 17.9 Å². The maximum absolute atomic E-state index is 11.6. The number of ketones is 1. The summed E-state index contributed by atoms with van der Waals surface area (Å²) in [6.45, 7) is 5.51. The molecule has 0 aromatic rings. The molecule has 1 unspecified atom stereocenters. The second kappa shape index (κ2) is 7.41. The van der Waals surface area contributed by atoms with Gasteiger partial charge in [-0.05, 0) is 0 Å². The molecular weight excluding hydrogens is 256 g/mol. The highest BCUT2D eigenvalue weighted by molar-refractivity contribution is 7.99. The zero-order valence-electron chi connectivity index (χ0n) is 10.9. The number of rotatable bonds is 8. The van der Waals surface area contributed by atoms with Gasteiger partial charge >= 0.3 is 11.9 Å². The molecule has 0 aliphatic heterocycles. The summed E-state index contributed by atoms with van der Waals surface area (Å²) in [6, 6.07) is 0. The van der Waals surface area contributed by atoms with Crippen molar-refractivity contribution in [3.63, 3.8) is 0 Å². The number of Topliss-reactive ketones (excluding diaryl/α,β-unsaturated/α-hetero) is 1. The van der Waals surface area contributed by atoms with Gasteiger partial charge in [0.15, 0.2) is 0 Å². The van der Waals surface area contributed by atoms with E-state index in [0.29, 0.717) is 12.2 Å². The molecule has 2 N–H and O–H groups in total. The summed E-state index contributed by atoms with van der Waals surface area (Å²) in [7, 11) is 0. The van der Waals surface area contributed by atoms with Gasteiger partial charge in [-0.25, -0.2) is 0 Å². The number of carbonyl (C=O) groups is 3. The van der Waals surface area contributed by atoms with Crippen LogP contribution in [0, 0.1) is 11.3 Å². The van der Waals surface area contributed by atoms with E-state index in [1.165, 1.54) is 11.8 Å². The van der Waals surface area contributed by atoms with Gasteiger partial charge in [-0.1, -0.05) is 20.8 Å². The predicted molar refractivity (Wildman–Crippen MR) is 69.8 cm³/mol. The van der Waals surface area contributed by atoms with Crippen molar-refractivity contribution >= 4 is 29.5 Å². The minimum absolute atomic E-state index is 0.125. The average Bonchev–Trinajstić information content (AvgIpc) is 2.19. The van der Waals surface area contributed by atoms with Crippen molar-refractivity contribution in [3.05, 3.63) is 0 Å². The van der Waals surface area contributed by atoms with Crippen molar-refractivity contribution in [2.24, 2.45) is 11.3 Å². The quantitative estimate of drug-likeness (QED) is 0.658. The molecule has 0 amide bonds. The maximum atomic E-state index is 11.6. The van der Waals surface area contributed by atoms with Crippen LogP contribution in [0.1, 0.15) is 33.6 Å². The molecule has 0 spiro atoms. The van der Waals surface area contributed by atoms with Crippen LogP contribution in [0.2, 0.25) is 0 Å². The second-order valence-electron chi connectivity index (χ2n) is 5.13. The summed E-state index contributed by atoms with van der Waals surface area (Å²) in [4.78, 5) is 32.8. The summed E-state index contributed by atoms with van der Waals surface area (Å²) in [5.41, 5.74) is -0.381. The zero-order chi connectivity index (χ0) is 14.3. The molecule has 0 heterocycles. The molecule has 5 nitrogen and oxygen atoms in total. The van der Waals surface area contributed by atoms with Crippen LogP contribution in [0.3, 0.4) is 0 Å². The summed E-state index contributed by atoms with van der Waals surface area (Å²) in [5, 5.41) is 17.4. The van der Waals surface area contributed by atoms with Gasteiger partial charge in [0.25, 0.3) is 0 Å². The molecule has 0 aromatic carbocycles. The fraction of sp³-hybridized carbons (Fsp3) is 0.750. The third-order valence-corrected chi connectivity index (χ3v) is 3.53. The average molecular weight is 276 g/mol. The van der Waals surface area contributed by atoms with Gasteiger partial charge in [0.2, 0.25) is 0 Å². The van der Waals surface area contributed by atoms with E-state index >= 15 is 0 Å². The summed E-state index contributed by atoms with van der Waals surface area (Å²) in [6.07, 6.45) is 0.00310. The van der Waals surface area contributed by atoms with Crippen molar-refractivity contribution in [2.45, 2.75) is 33.6 Å². The van der Waals surface area contributed by atoms with Crippen molar-refractivity contribution < 1.29 is 24.6 Å². The Morgan fingerprint density at radius 2 is 1.72 bits per heavy atom. The van der Waals surface area contributed by atoms with Crippen molar-refractivity contribution in [1.82, 2.24) is 0 Å². The Hall–Kier alpha value is -1.04. The van der Waals surface area contributed by atoms with Crippen LogP contribution < -0.4 is 0 Å². The van der Waals surface area contributed by atoms with Gasteiger partial charge in [0, 0.05) is 23.3 Å². The van der Waals surface area contributed by atoms with E-state index in [0.717, 1.165) is 0 Å². The Morgan fingerprint density at radius 3 is 2.11 bits per heavy atom. The molecule has 0 saturated carbocycles. The normalized spacial score (nSPS) is 13.1. The number of hydrogen-bond acceptors (Lipinski definition) is 4. The zero-order valence-corrected chi connectivity index (χ0v) is 11.7. The molecule has 0 rings (SSSR count). The summed E-state index contributed by atoms with van der Waals surface area (Å²) < 4.78 is 0. The fourth-order valence-corrected chi connectivity index (χ4v) is 2.24. The monoisotopic (exact) mass is 276 g/mol. The first-order valence-electron chi connectivity index (χ1n) is 5.70. The van der Waals surface area contributed by atoms with Crippen LogP contribution >= 0.6 is 11.8 Å². The Balaban J connectivity index is 3.98. The lowest BCUT2D eigenvalue weighted by molar-refractivity contribution is -0.147. The van der Waals surface area contributed by atoms with Gasteiger partial charge < -0.3 is 10.2 Å². The number of aliphatic carboxylic acids is 2. The minimum Gasteiger partial charge on any atom is -0.481 e. The molecule has 18 heavy (non-hydrogen) atoms. The van der Waals surface area contributed by atoms with Gasteiger partial charge in [-0.15, -0.1) is 0 Å². The van der Waals surface area contributed by atoms with E-state index in [4.69, 9.17) is 10.2 Å². The lowest BCUT2D eigenvalue weighted by Gasteiger charge is -2.16. The third-order valence-electron chi connectivity index (χ3n) is 2.40. The Morgan fingerprint density at radius 1 is 1.17 bits per heavy atom. The molecule has 0 saturated heterocycles. The van der Waals surface area contributed by atoms with Crippen LogP contribution in [-0.4, -0.2) is 39.4 Å². The Bertz CT molecular complexity index is 319. The van der Waals surface area contributed by atoms with Crippen LogP contribution in [0.4, 0.5) is 0 Å². The molecule has 6 heteroatoms. The highest BCUT2D eigenvalue weighted by atomic mass is 32.2. The molecule has 0 aromatic heterocycles. The number of thioether (sulfide) groups is 1. The minimum atomic E-state index is -1.12. The first kappa shape index (κ1) is 17.0. The smallest absolute Gasteiger partial charge is 0.307 e. The number of carboxylic acid groups (broad SMARTS) is 2. The van der Waals surface area contributed by atoms with Crippen LogP contribution in [-0.2, 0) is 14.4 Å². The van der Waals surface area contributed by atoms with Gasteiger partial charge in [-0.2, -0.15) is 11.8 Å². The summed E-state index contributed by atoms with van der Waals surface area (Å²) >= 11 is 1.31. The lowest BCUT2D eigenvalue weighted by atomic mass is 9.89. The topological polar surface area (TPSA) is 91.7 Å². The Labute approximate surface area is 111 Å². The molecule has 1 atom stereocenters. The molecule has 0 aliphatic carbocycles. The molecular formula is C12H20O5S. The molecule has 0 fully saturated rings. The van der Waals surface area contributed by atoms with Crippen molar-refractivity contribution in [3.8, 4) is 0 Å². The van der Waals surface area contributed by atoms with Crippen molar-refractivity contribution in [1.29, 1.82) is 0 Å². The number of carboxylic acids is 2. The second-order valence-corrected chi connectivity index (χ2v) is 6.28. The standard InChI is InChI=1S/C12H20O5S/c1-12(2,3)9(13)4-5-18-7-8(11(16)17)6-10(14)15/h8H,4-7H2,1-3H3,(H,14,15)(H,16,17). The van der Waals surface area contributed by atoms with Crippen LogP contribution in [0.5, 0.6) is 0 Å². The SMILES string of the molecule is CC(C)(C)C(=O)CCSCC(CC(=O)O)C(=O)O. The van der Waals surface area contributed by atoms with Crippen molar-refractivity contribution in [2.75, 3.05) is 11.5 Å². The van der Waals surface area contributed by atoms with Gasteiger partial charge in [-0.3, -0.25) is 14.4 Å². The van der Waals surface area contributed by atoms with E-state index in [9.17, 15) is 14.4 Å². The number of carbonyl (C=O) groups excluding carboxylic acids is 1. The first-order valence-corrected chi connectivity index (χ1v) is 6.85. The van der Waals surface area contributed by atoms with Gasteiger partial charge in [0.05, 0.1) is 12.3 Å². The van der Waals surface area contributed by atoms with Gasteiger partial charge in [0.1, 0.15) is 5.78 Å². The van der Waals surface area contributed by atoms with Crippen LogP contribution in [0.25, 0.3) is 0 Å². The predicted octanol–water partition coefficient (Wildman–Crippen LogP) is 1.90. The Kier molecular flexibility index (Phi) is 6.98. The lowest BCUT2D eigenvalue weighted by Crippen LogP contribution is -2.22. The highest BCUT2D eigenvalue weighted by Crippen LogP contribution is 2.20. The molecule has 104 valence electrons. The maximum Gasteiger partial charge on any atom is 0.307 e. The summed E-state index contributed by atoms with van der Waals surface area (Å²) in [5.74, 6) is -2.24. The van der Waals surface area contributed by atoms with E-state index in [2.05, 4.69) is 0 Å². The third kappa shape index (κ3) is 7.32. The molecule has 0 bridgehead atoms. The van der Waals surface area contributed by atoms with Crippen LogP contribution in [0.15, 0.2) is 0 Å². The first-order chi connectivity index (χ1) is 8.14. The molecule has 0 aliphatic rings. The molecule has 0 radical (unpaired) electrons.